The molecule has 1 saturated heterocycles. The number of ether oxygens (including phenoxy) is 1. The van der Waals surface area contributed by atoms with E-state index >= 15 is 0 Å². The second-order valence-electron chi connectivity index (χ2n) is 9.91. The lowest BCUT2D eigenvalue weighted by atomic mass is 9.96. The Kier molecular flexibility index (Phi) is 6.70. The largest absolute Gasteiger partial charge is 0.444 e. The summed E-state index contributed by atoms with van der Waals surface area (Å²) in [4.78, 5) is 27.8. The van der Waals surface area contributed by atoms with Gasteiger partial charge in [-0.05, 0) is 44.4 Å². The number of amides is 1. The SMILES string of the molecule is CCN1C(=O)OCc2cnc(NC(C)c3ccc(C(CC4CC4)N4CCN(C)CC4)cc3)nc21. The number of benzene rings is 1. The van der Waals surface area contributed by atoms with Gasteiger partial charge in [0.25, 0.3) is 0 Å². The van der Waals surface area contributed by atoms with Crippen molar-refractivity contribution in [2.45, 2.75) is 51.8 Å². The highest BCUT2D eigenvalue weighted by Gasteiger charge is 2.31. The predicted molar refractivity (Wildman–Crippen MR) is 133 cm³/mol. The number of hydrogen-bond donors (Lipinski definition) is 1. The molecule has 1 aromatic carbocycles. The highest BCUT2D eigenvalue weighted by molar-refractivity contribution is 5.89. The van der Waals surface area contributed by atoms with E-state index < -0.39 is 0 Å². The van der Waals surface area contributed by atoms with Crippen LogP contribution < -0.4 is 10.2 Å². The van der Waals surface area contributed by atoms with E-state index in [2.05, 4.69) is 63.3 Å². The molecule has 34 heavy (non-hydrogen) atoms. The topological polar surface area (TPSA) is 73.8 Å². The molecule has 0 radical (unpaired) electrons. The number of fused-ring (bicyclic) bond motifs is 1. The van der Waals surface area contributed by atoms with Crippen LogP contribution in [0.1, 0.15) is 61.9 Å². The molecule has 8 heteroatoms. The lowest BCUT2D eigenvalue weighted by Gasteiger charge is -2.38. The first-order chi connectivity index (χ1) is 16.5. The summed E-state index contributed by atoms with van der Waals surface area (Å²) in [6.07, 6.45) is 5.43. The fourth-order valence-electron chi connectivity index (χ4n) is 4.97. The van der Waals surface area contributed by atoms with E-state index in [4.69, 9.17) is 4.74 Å². The molecule has 1 aliphatic carbocycles. The first-order valence-electron chi connectivity index (χ1n) is 12.6. The van der Waals surface area contributed by atoms with E-state index in [-0.39, 0.29) is 18.7 Å². The first-order valence-corrected chi connectivity index (χ1v) is 12.6. The third-order valence-electron chi connectivity index (χ3n) is 7.38. The van der Waals surface area contributed by atoms with Crippen molar-refractivity contribution < 1.29 is 9.53 Å². The van der Waals surface area contributed by atoms with Gasteiger partial charge in [-0.15, -0.1) is 0 Å². The number of nitrogens with zero attached hydrogens (tertiary/aromatic N) is 5. The van der Waals surface area contributed by atoms with Gasteiger partial charge in [0.2, 0.25) is 5.95 Å². The molecule has 1 aromatic heterocycles. The number of aromatic nitrogens is 2. The van der Waals surface area contributed by atoms with E-state index in [1.807, 2.05) is 6.92 Å². The predicted octanol–water partition coefficient (Wildman–Crippen LogP) is 4.21. The van der Waals surface area contributed by atoms with Crippen molar-refractivity contribution in [1.82, 2.24) is 19.8 Å². The number of cyclic esters (lactones) is 1. The molecule has 2 aliphatic heterocycles. The van der Waals surface area contributed by atoms with E-state index in [1.165, 1.54) is 30.4 Å². The van der Waals surface area contributed by atoms with Crippen LogP contribution in [0.15, 0.2) is 30.5 Å². The zero-order valence-corrected chi connectivity index (χ0v) is 20.5. The van der Waals surface area contributed by atoms with Gasteiger partial charge in [0.05, 0.1) is 11.6 Å². The zero-order chi connectivity index (χ0) is 23.7. The zero-order valence-electron chi connectivity index (χ0n) is 20.5. The molecule has 2 unspecified atom stereocenters. The summed E-state index contributed by atoms with van der Waals surface area (Å²) in [7, 11) is 2.22. The van der Waals surface area contributed by atoms with Crippen molar-refractivity contribution in [2.75, 3.05) is 50.0 Å². The lowest BCUT2D eigenvalue weighted by Crippen LogP contribution is -2.46. The molecular weight excluding hydrogens is 428 g/mol. The normalized spacial score (nSPS) is 21.0. The Morgan fingerprint density at radius 2 is 1.82 bits per heavy atom. The Morgan fingerprint density at radius 3 is 2.50 bits per heavy atom. The highest BCUT2D eigenvalue weighted by atomic mass is 16.6. The summed E-state index contributed by atoms with van der Waals surface area (Å²) in [5, 5.41) is 3.41. The quantitative estimate of drug-likeness (QED) is 0.627. The Hall–Kier alpha value is -2.71. The maximum absolute atomic E-state index is 12.0. The van der Waals surface area contributed by atoms with E-state index in [0.717, 1.165) is 37.7 Å². The van der Waals surface area contributed by atoms with Crippen LogP contribution in [0, 0.1) is 5.92 Å². The van der Waals surface area contributed by atoms with Gasteiger partial charge in [-0.2, -0.15) is 4.98 Å². The summed E-state index contributed by atoms with van der Waals surface area (Å²) in [5.74, 6) is 2.05. The van der Waals surface area contributed by atoms with Crippen molar-refractivity contribution in [3.63, 3.8) is 0 Å². The van der Waals surface area contributed by atoms with Crippen LogP contribution in [0.3, 0.4) is 0 Å². The summed E-state index contributed by atoms with van der Waals surface area (Å²) in [6, 6.07) is 9.64. The molecule has 3 aliphatic rings. The maximum Gasteiger partial charge on any atom is 0.415 e. The monoisotopic (exact) mass is 464 g/mol. The smallest absolute Gasteiger partial charge is 0.415 e. The number of anilines is 2. The third kappa shape index (κ3) is 5.03. The van der Waals surface area contributed by atoms with Gasteiger partial charge < -0.3 is 15.0 Å². The molecule has 1 amide bonds. The Bertz CT molecular complexity index is 1000. The van der Waals surface area contributed by atoms with E-state index in [9.17, 15) is 4.79 Å². The Labute approximate surface area is 202 Å². The minimum Gasteiger partial charge on any atom is -0.444 e. The molecule has 2 aromatic rings. The summed E-state index contributed by atoms with van der Waals surface area (Å²) >= 11 is 0. The number of rotatable bonds is 8. The molecule has 2 atom stereocenters. The fourth-order valence-corrected chi connectivity index (χ4v) is 4.97. The summed E-state index contributed by atoms with van der Waals surface area (Å²) in [6.45, 7) is 9.34. The minimum atomic E-state index is -0.357. The van der Waals surface area contributed by atoms with Gasteiger partial charge in [0, 0.05) is 45.0 Å². The van der Waals surface area contributed by atoms with Crippen molar-refractivity contribution >= 4 is 17.9 Å². The number of hydrogen-bond acceptors (Lipinski definition) is 7. The number of carbonyl (C=O) groups is 1. The number of piperazine rings is 1. The van der Waals surface area contributed by atoms with Crippen molar-refractivity contribution in [2.24, 2.45) is 5.92 Å². The van der Waals surface area contributed by atoms with Crippen LogP contribution in [0.2, 0.25) is 0 Å². The van der Waals surface area contributed by atoms with Gasteiger partial charge in [-0.1, -0.05) is 37.1 Å². The fraction of sp³-hybridized carbons (Fsp3) is 0.577. The number of carbonyl (C=O) groups excluding carboxylic acids is 1. The number of likely N-dealkylation sites (N-methyl/N-ethyl adjacent to an activating group) is 1. The Morgan fingerprint density at radius 1 is 1.12 bits per heavy atom. The van der Waals surface area contributed by atoms with Crippen LogP contribution in [0.4, 0.5) is 16.6 Å². The van der Waals surface area contributed by atoms with Gasteiger partial charge in [0.15, 0.2) is 0 Å². The average molecular weight is 465 g/mol. The second kappa shape index (κ2) is 9.88. The van der Waals surface area contributed by atoms with Crippen LogP contribution >= 0.6 is 0 Å². The van der Waals surface area contributed by atoms with Gasteiger partial charge in [0.1, 0.15) is 12.4 Å². The number of nitrogens with one attached hydrogen (secondary N) is 1. The van der Waals surface area contributed by atoms with Crippen LogP contribution in [-0.2, 0) is 11.3 Å². The summed E-state index contributed by atoms with van der Waals surface area (Å²) in [5.41, 5.74) is 3.45. The van der Waals surface area contributed by atoms with Crippen LogP contribution in [0.25, 0.3) is 0 Å². The van der Waals surface area contributed by atoms with Gasteiger partial charge in [-0.3, -0.25) is 9.80 Å². The van der Waals surface area contributed by atoms with Gasteiger partial charge in [-0.25, -0.2) is 9.78 Å². The second-order valence-corrected chi connectivity index (χ2v) is 9.91. The average Bonchev–Trinajstić information content (AvgIpc) is 3.67. The molecule has 2 fully saturated rings. The van der Waals surface area contributed by atoms with Crippen LogP contribution in [-0.4, -0.2) is 65.6 Å². The van der Waals surface area contributed by atoms with Crippen molar-refractivity contribution in [1.29, 1.82) is 0 Å². The van der Waals surface area contributed by atoms with Crippen molar-refractivity contribution in [3.05, 3.63) is 47.2 Å². The molecule has 182 valence electrons. The highest BCUT2D eigenvalue weighted by Crippen LogP contribution is 2.40. The minimum absolute atomic E-state index is 0.0447. The lowest BCUT2D eigenvalue weighted by molar-refractivity contribution is 0.104. The molecule has 1 saturated carbocycles. The molecule has 0 bridgehead atoms. The molecular formula is C26H36N6O2. The molecule has 1 N–H and O–H groups in total. The first kappa shape index (κ1) is 23.1. The third-order valence-corrected chi connectivity index (χ3v) is 7.38. The molecule has 8 nitrogen and oxygen atoms in total. The molecule has 3 heterocycles. The maximum atomic E-state index is 12.0. The summed E-state index contributed by atoms with van der Waals surface area (Å²) < 4.78 is 5.19. The molecule has 0 spiro atoms. The van der Waals surface area contributed by atoms with Crippen molar-refractivity contribution in [3.8, 4) is 0 Å². The standard InChI is InChI=1S/C26H36N6O2/c1-4-32-24-22(17-34-26(32)33)16-27-25(29-24)28-18(2)20-7-9-21(10-8-20)23(15-19-5-6-19)31-13-11-30(3)12-14-31/h7-10,16,18-19,23H,4-6,11-15,17H2,1-3H3,(H,27,28,29). The van der Waals surface area contributed by atoms with E-state index in [1.54, 1.807) is 11.1 Å². The van der Waals surface area contributed by atoms with E-state index in [0.29, 0.717) is 24.4 Å². The van der Waals surface area contributed by atoms with Crippen LogP contribution in [0.5, 0.6) is 0 Å². The molecule has 5 rings (SSSR count). The Balaban J connectivity index is 1.28. The van der Waals surface area contributed by atoms with Gasteiger partial charge >= 0.3 is 6.09 Å².